The van der Waals surface area contributed by atoms with Gasteiger partial charge < -0.3 is 4.74 Å². The summed E-state index contributed by atoms with van der Waals surface area (Å²) in [5.41, 5.74) is 0.130. The second kappa shape index (κ2) is 5.21. The number of ether oxygens (including phenoxy) is 1. The van der Waals surface area contributed by atoms with Gasteiger partial charge in [-0.25, -0.2) is 4.98 Å². The van der Waals surface area contributed by atoms with Crippen molar-refractivity contribution in [3.05, 3.63) is 52.1 Å². The Morgan fingerprint density at radius 2 is 1.95 bits per heavy atom. The normalized spacial score (nSPS) is 11.4. The number of aryl methyl sites for hydroxylation is 1. The van der Waals surface area contributed by atoms with Crippen molar-refractivity contribution in [2.45, 2.75) is 13.1 Å². The first-order valence-electron chi connectivity index (χ1n) is 5.34. The van der Waals surface area contributed by atoms with Gasteiger partial charge in [-0.1, -0.05) is 6.07 Å². The number of halogens is 4. The average molecular weight is 332 g/mol. The Morgan fingerprint density at radius 1 is 1.21 bits per heavy atom. The van der Waals surface area contributed by atoms with E-state index in [4.69, 9.17) is 4.74 Å². The van der Waals surface area contributed by atoms with Gasteiger partial charge in [-0.3, -0.25) is 0 Å². The second-order valence-electron chi connectivity index (χ2n) is 3.87. The minimum atomic E-state index is -4.39. The van der Waals surface area contributed by atoms with Gasteiger partial charge in [-0.15, -0.1) is 0 Å². The Hall–Kier alpha value is -1.56. The highest BCUT2D eigenvalue weighted by atomic mass is 79.9. The van der Waals surface area contributed by atoms with Crippen molar-refractivity contribution in [1.82, 2.24) is 4.98 Å². The summed E-state index contributed by atoms with van der Waals surface area (Å²) in [6.45, 7) is 1.84. The van der Waals surface area contributed by atoms with E-state index in [0.29, 0.717) is 4.47 Å². The molecule has 0 radical (unpaired) electrons. The Balaban J connectivity index is 2.31. The van der Waals surface area contributed by atoms with Crippen LogP contribution in [0, 0.1) is 6.92 Å². The van der Waals surface area contributed by atoms with E-state index in [1.54, 1.807) is 6.07 Å². The molecule has 0 aliphatic rings. The van der Waals surface area contributed by atoms with Crippen molar-refractivity contribution in [3.63, 3.8) is 0 Å². The summed E-state index contributed by atoms with van der Waals surface area (Å²) in [6.07, 6.45) is -2.86. The van der Waals surface area contributed by atoms with E-state index < -0.39 is 11.7 Å². The van der Waals surface area contributed by atoms with E-state index in [-0.39, 0.29) is 11.6 Å². The molecule has 1 aromatic heterocycles. The summed E-state index contributed by atoms with van der Waals surface area (Å²) in [7, 11) is 0. The zero-order valence-corrected chi connectivity index (χ0v) is 11.4. The molecular formula is C13H9BrF3NO. The van der Waals surface area contributed by atoms with E-state index in [9.17, 15) is 13.2 Å². The molecule has 2 nitrogen and oxygen atoms in total. The van der Waals surface area contributed by atoms with Crippen LogP contribution in [0.1, 0.15) is 11.1 Å². The summed E-state index contributed by atoms with van der Waals surface area (Å²) >= 11 is 3.29. The zero-order valence-electron chi connectivity index (χ0n) is 9.83. The standard InChI is InChI=1S/C13H9BrF3NO/c1-8-5-6-18-12(11(8)14)19-10-4-2-3-9(7-10)13(15,16)17/h2-7H,1H3. The molecule has 2 rings (SSSR count). The fourth-order valence-corrected chi connectivity index (χ4v) is 1.75. The van der Waals surface area contributed by atoms with Gasteiger partial charge >= 0.3 is 6.18 Å². The molecule has 1 aromatic carbocycles. The SMILES string of the molecule is Cc1ccnc(Oc2cccc(C(F)(F)F)c2)c1Br. The van der Waals surface area contributed by atoms with Crippen LogP contribution >= 0.6 is 15.9 Å². The quantitative estimate of drug-likeness (QED) is 0.775. The number of benzene rings is 1. The van der Waals surface area contributed by atoms with Gasteiger partial charge in [0.25, 0.3) is 0 Å². The first kappa shape index (κ1) is 13.9. The fraction of sp³-hybridized carbons (Fsp3) is 0.154. The molecule has 1 heterocycles. The van der Waals surface area contributed by atoms with Gasteiger partial charge in [0.05, 0.1) is 10.0 Å². The Kier molecular flexibility index (Phi) is 3.80. The van der Waals surface area contributed by atoms with Crippen LogP contribution in [-0.2, 0) is 6.18 Å². The number of nitrogens with zero attached hydrogens (tertiary/aromatic N) is 1. The molecule has 6 heteroatoms. The first-order valence-corrected chi connectivity index (χ1v) is 6.13. The predicted molar refractivity (Wildman–Crippen MR) is 68.2 cm³/mol. The van der Waals surface area contributed by atoms with Crippen LogP contribution in [0.2, 0.25) is 0 Å². The Morgan fingerprint density at radius 3 is 2.63 bits per heavy atom. The van der Waals surface area contributed by atoms with Crippen LogP contribution in [0.5, 0.6) is 11.6 Å². The maximum Gasteiger partial charge on any atom is 0.416 e. The molecule has 0 N–H and O–H groups in total. The topological polar surface area (TPSA) is 22.1 Å². The smallest absolute Gasteiger partial charge is 0.416 e. The van der Waals surface area contributed by atoms with Crippen LogP contribution in [0.15, 0.2) is 41.0 Å². The third kappa shape index (κ3) is 3.26. The minimum absolute atomic E-state index is 0.0913. The monoisotopic (exact) mass is 331 g/mol. The first-order chi connectivity index (χ1) is 8.88. The minimum Gasteiger partial charge on any atom is -0.438 e. The number of hydrogen-bond acceptors (Lipinski definition) is 2. The van der Waals surface area contributed by atoms with Crippen LogP contribution < -0.4 is 4.74 Å². The van der Waals surface area contributed by atoms with Gasteiger partial charge in [0.2, 0.25) is 5.88 Å². The molecule has 0 saturated heterocycles. The number of pyridine rings is 1. The van der Waals surface area contributed by atoms with Crippen molar-refractivity contribution in [1.29, 1.82) is 0 Å². The summed E-state index contributed by atoms with van der Waals surface area (Å²) in [6, 6.07) is 6.44. The molecule has 0 aliphatic heterocycles. The molecule has 0 unspecified atom stereocenters. The van der Waals surface area contributed by atoms with E-state index in [0.717, 1.165) is 17.7 Å². The lowest BCUT2D eigenvalue weighted by Crippen LogP contribution is -2.04. The van der Waals surface area contributed by atoms with Crippen molar-refractivity contribution < 1.29 is 17.9 Å². The van der Waals surface area contributed by atoms with Gasteiger partial charge in [-0.2, -0.15) is 13.2 Å². The fourth-order valence-electron chi connectivity index (χ4n) is 1.43. The number of alkyl halides is 3. The molecule has 0 amide bonds. The van der Waals surface area contributed by atoms with E-state index in [1.807, 2.05) is 6.92 Å². The third-order valence-electron chi connectivity index (χ3n) is 2.43. The molecule has 0 aliphatic carbocycles. The van der Waals surface area contributed by atoms with Gasteiger partial charge in [-0.05, 0) is 52.7 Å². The van der Waals surface area contributed by atoms with Crippen molar-refractivity contribution in [3.8, 4) is 11.6 Å². The number of hydrogen-bond donors (Lipinski definition) is 0. The summed E-state index contributed by atoms with van der Waals surface area (Å²) in [5, 5.41) is 0. The van der Waals surface area contributed by atoms with Crippen LogP contribution in [-0.4, -0.2) is 4.98 Å². The van der Waals surface area contributed by atoms with Crippen molar-refractivity contribution in [2.24, 2.45) is 0 Å². The van der Waals surface area contributed by atoms with E-state index >= 15 is 0 Å². The molecule has 100 valence electrons. The molecule has 0 spiro atoms. The van der Waals surface area contributed by atoms with Gasteiger partial charge in [0.15, 0.2) is 0 Å². The molecule has 19 heavy (non-hydrogen) atoms. The van der Waals surface area contributed by atoms with Crippen LogP contribution in [0.4, 0.5) is 13.2 Å². The van der Waals surface area contributed by atoms with Gasteiger partial charge in [0.1, 0.15) is 5.75 Å². The largest absolute Gasteiger partial charge is 0.438 e. The molecule has 2 aromatic rings. The lowest BCUT2D eigenvalue weighted by Gasteiger charge is -2.10. The van der Waals surface area contributed by atoms with Crippen molar-refractivity contribution in [2.75, 3.05) is 0 Å². The Bertz CT molecular complexity index is 599. The predicted octanol–water partition coefficient (Wildman–Crippen LogP) is 4.96. The van der Waals surface area contributed by atoms with E-state index in [1.165, 1.54) is 18.3 Å². The van der Waals surface area contributed by atoms with E-state index in [2.05, 4.69) is 20.9 Å². The third-order valence-corrected chi connectivity index (χ3v) is 3.39. The van der Waals surface area contributed by atoms with Gasteiger partial charge in [0, 0.05) is 6.20 Å². The lowest BCUT2D eigenvalue weighted by atomic mass is 10.2. The highest BCUT2D eigenvalue weighted by Gasteiger charge is 2.30. The zero-order chi connectivity index (χ0) is 14.0. The summed E-state index contributed by atoms with van der Waals surface area (Å²) in [5.74, 6) is 0.327. The Labute approximate surface area is 116 Å². The number of rotatable bonds is 2. The maximum absolute atomic E-state index is 12.6. The highest BCUT2D eigenvalue weighted by Crippen LogP contribution is 2.34. The highest BCUT2D eigenvalue weighted by molar-refractivity contribution is 9.10. The maximum atomic E-state index is 12.6. The molecule has 0 saturated carbocycles. The molecule has 0 atom stereocenters. The average Bonchev–Trinajstić information content (AvgIpc) is 2.34. The second-order valence-corrected chi connectivity index (χ2v) is 4.67. The van der Waals surface area contributed by atoms with Crippen LogP contribution in [0.25, 0.3) is 0 Å². The molecule has 0 bridgehead atoms. The van der Waals surface area contributed by atoms with Crippen molar-refractivity contribution >= 4 is 15.9 Å². The summed E-state index contributed by atoms with van der Waals surface area (Å²) < 4.78 is 43.7. The van der Waals surface area contributed by atoms with Crippen LogP contribution in [0.3, 0.4) is 0 Å². The molecule has 0 fully saturated rings. The molecular weight excluding hydrogens is 323 g/mol. The lowest BCUT2D eigenvalue weighted by molar-refractivity contribution is -0.137. The number of aromatic nitrogens is 1. The summed E-state index contributed by atoms with van der Waals surface area (Å²) in [4.78, 5) is 3.98.